The maximum atomic E-state index is 10.6. The fourth-order valence-electron chi connectivity index (χ4n) is 6.31. The summed E-state index contributed by atoms with van der Waals surface area (Å²) in [4.78, 5) is 12.0. The molecule has 4 N–H and O–H groups in total. The third-order valence-corrected chi connectivity index (χ3v) is 9.75. The molecule has 0 unspecified atom stereocenters. The summed E-state index contributed by atoms with van der Waals surface area (Å²) in [5.74, 6) is -0.122. The Morgan fingerprint density at radius 1 is 0.407 bits per heavy atom. The zero-order valence-corrected chi connectivity index (χ0v) is 43.4. The van der Waals surface area contributed by atoms with Gasteiger partial charge in [0.25, 0.3) is 0 Å². The van der Waals surface area contributed by atoms with Gasteiger partial charge in [-0.05, 0) is 25.7 Å². The summed E-state index contributed by atoms with van der Waals surface area (Å²) in [6.07, 6.45) is 41.7. The van der Waals surface area contributed by atoms with Crippen LogP contribution in [0.5, 0.6) is 0 Å². The van der Waals surface area contributed by atoms with E-state index in [0.717, 1.165) is 25.7 Å². The van der Waals surface area contributed by atoms with Gasteiger partial charge in [-0.1, -0.05) is 221 Å². The second-order valence-corrected chi connectivity index (χ2v) is 14.9. The van der Waals surface area contributed by atoms with Gasteiger partial charge in [-0.3, -0.25) is 4.79 Å². The fourth-order valence-corrected chi connectivity index (χ4v) is 6.31. The van der Waals surface area contributed by atoms with Gasteiger partial charge in [0.05, 0.1) is 25.4 Å². The molecule has 0 aliphatic heterocycles. The van der Waals surface area contributed by atoms with Crippen LogP contribution in [0.2, 0.25) is 0 Å². The van der Waals surface area contributed by atoms with Gasteiger partial charge in [0, 0.05) is 62.1 Å². The molecule has 0 aliphatic rings. The molecule has 0 fully saturated rings. The average molecular weight is 1110 g/mol. The minimum absolute atomic E-state index is 0. The molecule has 0 aliphatic carbocycles. The first kappa shape index (κ1) is 66.5. The van der Waals surface area contributed by atoms with Crippen LogP contribution in [0.25, 0.3) is 0 Å². The van der Waals surface area contributed by atoms with Crippen molar-refractivity contribution in [1.82, 2.24) is 4.90 Å². The molecule has 0 radical (unpaired) electrons. The summed E-state index contributed by atoms with van der Waals surface area (Å²) < 4.78 is 0. The quantitative estimate of drug-likeness (QED) is 0.0468. The van der Waals surface area contributed by atoms with Crippen LogP contribution in [0.4, 0.5) is 0 Å². The zero-order chi connectivity index (χ0) is 39.8. The van der Waals surface area contributed by atoms with Crippen molar-refractivity contribution in [2.45, 2.75) is 266 Å². The van der Waals surface area contributed by atoms with E-state index >= 15 is 0 Å². The van der Waals surface area contributed by atoms with Crippen molar-refractivity contribution in [3.8, 4) is 0 Å². The number of carbonyl (C=O) groups excluding carboxylic acids is 1. The first-order valence-electron chi connectivity index (χ1n) is 23.2. The molecular formula is C46H99NO5W2. The Kier molecular flexibility index (Phi) is 77.4. The molecule has 0 saturated carbocycles. The van der Waals surface area contributed by atoms with Crippen LogP contribution in [-0.4, -0.2) is 69.7 Å². The number of unbranched alkanes of at least 4 members (excludes halogenated alkanes) is 24. The number of aliphatic hydroxyl groups is 4. The Bertz CT molecular complexity index is 538. The largest absolute Gasteiger partial charge is 0.395 e. The van der Waals surface area contributed by atoms with Gasteiger partial charge in [0.2, 0.25) is 5.91 Å². The van der Waals surface area contributed by atoms with E-state index in [-0.39, 0.29) is 73.5 Å². The van der Waals surface area contributed by atoms with Crippen LogP contribution in [0.15, 0.2) is 0 Å². The molecule has 0 bridgehead atoms. The Morgan fingerprint density at radius 2 is 0.593 bits per heavy atom. The number of nitrogens with zero attached hydrogens (tertiary/aromatic N) is 1. The fraction of sp³-hybridized carbons (Fsp3) is 0.978. The third-order valence-electron chi connectivity index (χ3n) is 9.75. The Labute approximate surface area is 368 Å². The zero-order valence-electron chi connectivity index (χ0n) is 37.6. The van der Waals surface area contributed by atoms with Crippen molar-refractivity contribution in [1.29, 1.82) is 0 Å². The first-order valence-corrected chi connectivity index (χ1v) is 23.2. The summed E-state index contributed by atoms with van der Waals surface area (Å²) in [5.41, 5.74) is 0. The summed E-state index contributed by atoms with van der Waals surface area (Å²) in [6, 6.07) is 0. The third kappa shape index (κ3) is 64.6. The van der Waals surface area contributed by atoms with Gasteiger partial charge in [-0.2, -0.15) is 0 Å². The van der Waals surface area contributed by atoms with E-state index in [4.69, 9.17) is 10.2 Å². The number of aliphatic hydroxyl groups excluding tert-OH is 4. The van der Waals surface area contributed by atoms with E-state index in [1.54, 1.807) is 0 Å². The Morgan fingerprint density at radius 3 is 0.759 bits per heavy atom. The molecule has 0 spiro atoms. The summed E-state index contributed by atoms with van der Waals surface area (Å²) >= 11 is 0. The van der Waals surface area contributed by atoms with Crippen molar-refractivity contribution in [3.63, 3.8) is 0 Å². The summed E-state index contributed by atoms with van der Waals surface area (Å²) in [7, 11) is 0. The average Bonchev–Trinajstić information content (AvgIpc) is 3.14. The number of hydrogen-bond donors (Lipinski definition) is 4. The predicted octanol–water partition coefficient (Wildman–Crippen LogP) is 13.1. The Balaban J connectivity index is -0.000000161. The van der Waals surface area contributed by atoms with Gasteiger partial charge < -0.3 is 25.3 Å². The molecule has 6 nitrogen and oxygen atoms in total. The molecule has 0 atom stereocenters. The van der Waals surface area contributed by atoms with Crippen molar-refractivity contribution >= 4 is 5.91 Å². The number of amides is 1. The number of rotatable bonds is 36. The van der Waals surface area contributed by atoms with Crippen LogP contribution < -0.4 is 0 Å². The standard InChI is InChI=1S/2C19H40O.C6H13NO3.C2H6.2W/c2*1-3-5-7-9-11-13-15-17-19(20)18-16-14-12-10-8-6-4-2;1-6(10)7(2-4-8)3-5-9;1-2;;/h2*19-20H,3-18H2,1-2H3;8-9H,2-5H2,1H3;1-2H3;;. The van der Waals surface area contributed by atoms with Crippen LogP contribution in [0, 0.1) is 0 Å². The molecule has 8 heteroatoms. The van der Waals surface area contributed by atoms with Crippen molar-refractivity contribution in [3.05, 3.63) is 0 Å². The minimum atomic E-state index is -0.122. The predicted molar refractivity (Wildman–Crippen MR) is 230 cm³/mol. The van der Waals surface area contributed by atoms with Crippen molar-refractivity contribution < 1.29 is 67.4 Å². The molecule has 1 amide bonds. The minimum Gasteiger partial charge on any atom is -0.395 e. The topological polar surface area (TPSA) is 101 Å². The molecule has 0 saturated heterocycles. The van der Waals surface area contributed by atoms with E-state index in [2.05, 4.69) is 27.7 Å². The summed E-state index contributed by atoms with van der Waals surface area (Å²) in [6.45, 7) is 15.0. The molecule has 0 aromatic carbocycles. The Hall–Kier alpha value is 0.687. The molecule has 0 aromatic rings. The van der Waals surface area contributed by atoms with Gasteiger partial charge in [0.15, 0.2) is 0 Å². The number of hydrogen-bond acceptors (Lipinski definition) is 5. The summed E-state index contributed by atoms with van der Waals surface area (Å²) in [5, 5.41) is 36.7. The molecule has 0 heterocycles. The molecule has 0 rings (SSSR count). The normalized spacial score (nSPS) is 10.3. The van der Waals surface area contributed by atoms with E-state index < -0.39 is 0 Å². The molecular weight excluding hydrogens is 1010 g/mol. The van der Waals surface area contributed by atoms with Gasteiger partial charge in [0.1, 0.15) is 0 Å². The van der Waals surface area contributed by atoms with E-state index in [0.29, 0.717) is 13.1 Å². The van der Waals surface area contributed by atoms with E-state index in [9.17, 15) is 15.0 Å². The first-order chi connectivity index (χ1) is 25.3. The molecule has 54 heavy (non-hydrogen) atoms. The van der Waals surface area contributed by atoms with Crippen molar-refractivity contribution in [2.24, 2.45) is 0 Å². The van der Waals surface area contributed by atoms with Crippen LogP contribution in [-0.2, 0) is 46.9 Å². The maximum Gasteiger partial charge on any atom is 0.219 e. The second-order valence-electron chi connectivity index (χ2n) is 14.9. The van der Waals surface area contributed by atoms with E-state index in [1.165, 1.54) is 192 Å². The molecule has 330 valence electrons. The van der Waals surface area contributed by atoms with Crippen molar-refractivity contribution in [2.75, 3.05) is 26.3 Å². The SMILES string of the molecule is CC.CC(=O)N(CCO)CCO.CCCCCCCCCC(O)CCCCCCCCC.CCCCCCCCCC(O)CCCCCCCCC.[W].[W]. The maximum absolute atomic E-state index is 10.6. The van der Waals surface area contributed by atoms with Crippen LogP contribution in [0.1, 0.15) is 254 Å². The second kappa shape index (κ2) is 62.9. The van der Waals surface area contributed by atoms with Gasteiger partial charge in [-0.15, -0.1) is 0 Å². The molecule has 0 aromatic heterocycles. The van der Waals surface area contributed by atoms with Gasteiger partial charge >= 0.3 is 0 Å². The van der Waals surface area contributed by atoms with E-state index in [1.807, 2.05) is 13.8 Å². The monoisotopic (exact) mass is 1110 g/mol. The van der Waals surface area contributed by atoms with Gasteiger partial charge in [-0.25, -0.2) is 0 Å². The van der Waals surface area contributed by atoms with Crippen LogP contribution >= 0.6 is 0 Å². The van der Waals surface area contributed by atoms with Crippen LogP contribution in [0.3, 0.4) is 0 Å². The number of carbonyl (C=O) groups is 1. The smallest absolute Gasteiger partial charge is 0.219 e.